The predicted molar refractivity (Wildman–Crippen MR) is 85.3 cm³/mol. The maximum atomic E-state index is 11.8. The lowest BCUT2D eigenvalue weighted by atomic mass is 9.91. The number of fused-ring (bicyclic) bond motifs is 1. The summed E-state index contributed by atoms with van der Waals surface area (Å²) in [4.78, 5) is 11.8. The first kappa shape index (κ1) is 13.8. The minimum Gasteiger partial charge on any atom is -0.311 e. The van der Waals surface area contributed by atoms with Crippen molar-refractivity contribution in [3.05, 3.63) is 34.4 Å². The first-order valence-corrected chi connectivity index (χ1v) is 7.83. The van der Waals surface area contributed by atoms with E-state index in [4.69, 9.17) is 0 Å². The van der Waals surface area contributed by atoms with Gasteiger partial charge in [-0.15, -0.1) is 0 Å². The highest BCUT2D eigenvalue weighted by atomic mass is 79.9. The summed E-state index contributed by atoms with van der Waals surface area (Å²) in [7, 11) is 0. The fourth-order valence-electron chi connectivity index (χ4n) is 3.20. The Labute approximate surface area is 127 Å². The van der Waals surface area contributed by atoms with Crippen molar-refractivity contribution in [2.45, 2.75) is 38.6 Å². The Morgan fingerprint density at radius 1 is 1.50 bits per heavy atom. The molecule has 0 radical (unpaired) electrons. The van der Waals surface area contributed by atoms with E-state index < -0.39 is 0 Å². The maximum absolute atomic E-state index is 11.8. The molecule has 20 heavy (non-hydrogen) atoms. The van der Waals surface area contributed by atoms with Gasteiger partial charge in [0.15, 0.2) is 0 Å². The summed E-state index contributed by atoms with van der Waals surface area (Å²) in [5.74, 6) is 0.0631. The topological polar surface area (TPSA) is 34.0 Å². The van der Waals surface area contributed by atoms with Crippen LogP contribution < -0.4 is 5.32 Å². The van der Waals surface area contributed by atoms with Gasteiger partial charge in [0, 0.05) is 28.5 Å². The summed E-state index contributed by atoms with van der Waals surface area (Å²) in [6.07, 6.45) is 5.38. The van der Waals surface area contributed by atoms with Gasteiger partial charge in [0.25, 0.3) is 0 Å². The van der Waals surface area contributed by atoms with Gasteiger partial charge in [-0.25, -0.2) is 0 Å². The van der Waals surface area contributed by atoms with E-state index in [9.17, 15) is 4.79 Å². The van der Waals surface area contributed by atoms with Crippen LogP contribution in [0.1, 0.15) is 37.0 Å². The van der Waals surface area contributed by atoms with Crippen molar-refractivity contribution in [3.8, 4) is 0 Å². The van der Waals surface area contributed by atoms with E-state index in [0.29, 0.717) is 0 Å². The van der Waals surface area contributed by atoms with Gasteiger partial charge in [-0.1, -0.05) is 15.9 Å². The molecule has 2 aromatic rings. The highest BCUT2D eigenvalue weighted by Crippen LogP contribution is 2.30. The largest absolute Gasteiger partial charge is 0.311 e. The predicted octanol–water partition coefficient (Wildman–Crippen LogP) is 3.75. The molecule has 2 heterocycles. The zero-order valence-electron chi connectivity index (χ0n) is 11.9. The number of rotatable bonds is 2. The quantitative estimate of drug-likeness (QED) is 0.907. The van der Waals surface area contributed by atoms with Crippen molar-refractivity contribution < 1.29 is 4.79 Å². The first-order chi connectivity index (χ1) is 9.48. The molecule has 1 N–H and O–H groups in total. The van der Waals surface area contributed by atoms with Crippen molar-refractivity contribution in [1.29, 1.82) is 0 Å². The highest BCUT2D eigenvalue weighted by molar-refractivity contribution is 9.10. The Morgan fingerprint density at radius 2 is 2.30 bits per heavy atom. The van der Waals surface area contributed by atoms with Crippen molar-refractivity contribution in [3.63, 3.8) is 0 Å². The van der Waals surface area contributed by atoms with Crippen LogP contribution in [0.15, 0.2) is 28.9 Å². The third kappa shape index (κ3) is 2.42. The second kappa shape index (κ2) is 5.01. The molecule has 1 aromatic carbocycles. The van der Waals surface area contributed by atoms with Crippen LogP contribution in [-0.2, 0) is 6.42 Å². The second-order valence-corrected chi connectivity index (χ2v) is 6.89. The van der Waals surface area contributed by atoms with Crippen molar-refractivity contribution >= 4 is 32.7 Å². The monoisotopic (exact) mass is 334 g/mol. The molecular weight excluding hydrogens is 316 g/mol. The highest BCUT2D eigenvalue weighted by Gasteiger charge is 2.29. The number of nitrogens with zero attached hydrogens (tertiary/aromatic N) is 1. The van der Waals surface area contributed by atoms with Gasteiger partial charge in [0.1, 0.15) is 0 Å². The van der Waals surface area contributed by atoms with Crippen LogP contribution in [0, 0.1) is 0 Å². The lowest BCUT2D eigenvalue weighted by Crippen LogP contribution is -2.38. The molecule has 1 aromatic heterocycles. The Morgan fingerprint density at radius 3 is 2.95 bits per heavy atom. The minimum absolute atomic E-state index is 0.0631. The summed E-state index contributed by atoms with van der Waals surface area (Å²) in [6.45, 7) is 4.97. The molecule has 3 nitrogen and oxygen atoms in total. The Balaban J connectivity index is 2.10. The molecule has 0 unspecified atom stereocenters. The third-order valence-electron chi connectivity index (χ3n) is 4.23. The molecule has 106 valence electrons. The Hall–Kier alpha value is -1.13. The van der Waals surface area contributed by atoms with E-state index in [1.807, 2.05) is 18.3 Å². The van der Waals surface area contributed by atoms with Crippen LogP contribution in [0.4, 0.5) is 0 Å². The van der Waals surface area contributed by atoms with Crippen LogP contribution in [0.5, 0.6) is 0 Å². The van der Waals surface area contributed by atoms with Gasteiger partial charge in [-0.05, 0) is 56.5 Å². The molecule has 0 amide bonds. The van der Waals surface area contributed by atoms with Gasteiger partial charge in [-0.3, -0.25) is 9.36 Å². The molecule has 0 saturated carbocycles. The van der Waals surface area contributed by atoms with Gasteiger partial charge in [0.05, 0.1) is 5.52 Å². The van der Waals surface area contributed by atoms with Crippen LogP contribution in [0.2, 0.25) is 0 Å². The molecule has 1 fully saturated rings. The zero-order valence-corrected chi connectivity index (χ0v) is 13.5. The fraction of sp³-hybridized carbons (Fsp3) is 0.438. The number of carbonyl (C=O) groups is 1. The minimum atomic E-state index is 0.0631. The average molecular weight is 335 g/mol. The number of carbonyl (C=O) groups excluding carboxylic acids is 1. The summed E-state index contributed by atoms with van der Waals surface area (Å²) in [5, 5.41) is 4.76. The average Bonchev–Trinajstić information content (AvgIpc) is 2.95. The summed E-state index contributed by atoms with van der Waals surface area (Å²) in [6, 6.07) is 6.11. The molecule has 1 aliphatic rings. The van der Waals surface area contributed by atoms with Crippen molar-refractivity contribution in [2.75, 3.05) is 6.54 Å². The molecule has 4 heteroatoms. The van der Waals surface area contributed by atoms with Crippen molar-refractivity contribution in [2.24, 2.45) is 0 Å². The molecule has 1 saturated heterocycles. The van der Waals surface area contributed by atoms with Crippen LogP contribution in [0.3, 0.4) is 0 Å². The zero-order chi connectivity index (χ0) is 14.3. The third-order valence-corrected chi connectivity index (χ3v) is 4.72. The normalized spacial score (nSPS) is 22.6. The maximum Gasteiger partial charge on any atom is 0.227 e. The molecule has 1 atom stereocenters. The number of halogens is 1. The molecular formula is C16H19BrN2O. The summed E-state index contributed by atoms with van der Waals surface area (Å²) in [5.41, 5.74) is 2.39. The van der Waals surface area contributed by atoms with Crippen LogP contribution >= 0.6 is 15.9 Å². The van der Waals surface area contributed by atoms with E-state index in [2.05, 4.69) is 34.2 Å². The standard InChI is InChI=1S/C16H19BrN2O/c1-11(20)19-10-12(9-16(2)6-3-7-18-16)14-8-13(17)4-5-15(14)19/h4-5,8,10,18H,3,6-7,9H2,1-2H3/t16-/m1/s1. The smallest absolute Gasteiger partial charge is 0.227 e. The van der Waals surface area contributed by atoms with Crippen LogP contribution in [0.25, 0.3) is 10.9 Å². The number of benzene rings is 1. The van der Waals surface area contributed by atoms with E-state index >= 15 is 0 Å². The lowest BCUT2D eigenvalue weighted by molar-refractivity contribution is 0.0941. The van der Waals surface area contributed by atoms with E-state index in [1.54, 1.807) is 11.5 Å². The van der Waals surface area contributed by atoms with Gasteiger partial charge in [-0.2, -0.15) is 0 Å². The summed E-state index contributed by atoms with van der Waals surface area (Å²) < 4.78 is 2.81. The molecule has 3 rings (SSSR count). The molecule has 0 spiro atoms. The van der Waals surface area contributed by atoms with E-state index in [0.717, 1.165) is 23.0 Å². The van der Waals surface area contributed by atoms with E-state index in [1.165, 1.54) is 23.8 Å². The number of hydrogen-bond acceptors (Lipinski definition) is 2. The second-order valence-electron chi connectivity index (χ2n) is 5.97. The van der Waals surface area contributed by atoms with Crippen molar-refractivity contribution in [1.82, 2.24) is 9.88 Å². The van der Waals surface area contributed by atoms with Gasteiger partial charge >= 0.3 is 0 Å². The number of hydrogen-bond donors (Lipinski definition) is 1. The SMILES string of the molecule is CC(=O)n1cc(C[C@@]2(C)CCCN2)c2cc(Br)ccc21. The van der Waals surface area contributed by atoms with Gasteiger partial charge < -0.3 is 5.32 Å². The molecule has 0 aliphatic carbocycles. The molecule has 1 aliphatic heterocycles. The summed E-state index contributed by atoms with van der Waals surface area (Å²) >= 11 is 3.53. The number of aromatic nitrogens is 1. The van der Waals surface area contributed by atoms with Gasteiger partial charge in [0.2, 0.25) is 5.91 Å². The molecule has 0 bridgehead atoms. The number of nitrogens with one attached hydrogen (secondary N) is 1. The fourth-order valence-corrected chi connectivity index (χ4v) is 3.56. The Kier molecular flexibility index (Phi) is 3.46. The lowest BCUT2D eigenvalue weighted by Gasteiger charge is -2.23. The van der Waals surface area contributed by atoms with Crippen LogP contribution in [-0.4, -0.2) is 22.6 Å². The van der Waals surface area contributed by atoms with E-state index in [-0.39, 0.29) is 11.4 Å². The first-order valence-electron chi connectivity index (χ1n) is 7.04. The Bertz CT molecular complexity index is 668.